The lowest BCUT2D eigenvalue weighted by atomic mass is 9.76. The summed E-state index contributed by atoms with van der Waals surface area (Å²) in [6, 6.07) is 27.3. The average molecular weight is 470 g/mol. The van der Waals surface area contributed by atoms with Crippen LogP contribution < -0.4 is 21.1 Å². The first-order chi connectivity index (χ1) is 17.1. The molecule has 0 aromatic heterocycles. The number of anilines is 2. The highest BCUT2D eigenvalue weighted by Crippen LogP contribution is 2.39. The van der Waals surface area contributed by atoms with E-state index in [2.05, 4.69) is 33.0 Å². The van der Waals surface area contributed by atoms with Crippen LogP contribution in [0.15, 0.2) is 84.9 Å². The Balaban J connectivity index is 1.38. The van der Waals surface area contributed by atoms with Crippen molar-refractivity contribution in [1.29, 1.82) is 0 Å². The van der Waals surface area contributed by atoms with Gasteiger partial charge in [0, 0.05) is 43.5 Å². The van der Waals surface area contributed by atoms with E-state index in [0.717, 1.165) is 43.0 Å². The summed E-state index contributed by atoms with van der Waals surface area (Å²) >= 11 is 0. The number of hydrogen-bond acceptors (Lipinski definition) is 5. The first-order valence-corrected chi connectivity index (χ1v) is 12.1. The molecule has 7 nitrogen and oxygen atoms in total. The normalized spacial score (nSPS) is 22.9. The third-order valence-corrected chi connectivity index (χ3v) is 6.98. The summed E-state index contributed by atoms with van der Waals surface area (Å²) in [5.74, 6) is -1.90. The summed E-state index contributed by atoms with van der Waals surface area (Å²) in [7, 11) is 2.14. The van der Waals surface area contributed by atoms with E-state index in [0.29, 0.717) is 5.69 Å². The van der Waals surface area contributed by atoms with Crippen LogP contribution in [-0.4, -0.2) is 49.9 Å². The van der Waals surface area contributed by atoms with Gasteiger partial charge in [-0.3, -0.25) is 15.0 Å². The van der Waals surface area contributed by atoms with E-state index in [-0.39, 0.29) is 23.8 Å². The number of carbonyl (C=O) groups excluding carboxylic acids is 2. The number of amides is 2. The van der Waals surface area contributed by atoms with Crippen molar-refractivity contribution in [2.24, 2.45) is 5.92 Å². The van der Waals surface area contributed by atoms with Crippen molar-refractivity contribution < 1.29 is 9.59 Å². The molecule has 2 saturated heterocycles. The van der Waals surface area contributed by atoms with Crippen LogP contribution in [0.5, 0.6) is 0 Å². The molecule has 2 fully saturated rings. The molecule has 0 radical (unpaired) electrons. The lowest BCUT2D eigenvalue weighted by Crippen LogP contribution is -2.56. The number of piperazine rings is 1. The zero-order valence-corrected chi connectivity index (χ0v) is 19.9. The Morgan fingerprint density at radius 2 is 1.43 bits per heavy atom. The molecule has 0 bridgehead atoms. The Bertz CT molecular complexity index is 1140. The Morgan fingerprint density at radius 3 is 2.06 bits per heavy atom. The van der Waals surface area contributed by atoms with Gasteiger partial charge >= 0.3 is 0 Å². The lowest BCUT2D eigenvalue weighted by molar-refractivity contribution is -0.137. The highest BCUT2D eigenvalue weighted by molar-refractivity contribution is 6.07. The Kier molecular flexibility index (Phi) is 6.79. The molecule has 3 atom stereocenters. The summed E-state index contributed by atoms with van der Waals surface area (Å²) in [4.78, 5) is 31.2. The second-order valence-electron chi connectivity index (χ2n) is 9.26. The van der Waals surface area contributed by atoms with E-state index in [1.165, 1.54) is 0 Å². The highest BCUT2D eigenvalue weighted by Gasteiger charge is 2.44. The number of nitrogens with one attached hydrogen (secondary N) is 3. The van der Waals surface area contributed by atoms with Crippen LogP contribution in [0.1, 0.15) is 23.1 Å². The second kappa shape index (κ2) is 10.3. The minimum Gasteiger partial charge on any atom is -0.369 e. The summed E-state index contributed by atoms with van der Waals surface area (Å²) in [6.45, 7) is 4.04. The molecule has 3 aromatic rings. The van der Waals surface area contributed by atoms with E-state index in [9.17, 15) is 9.59 Å². The van der Waals surface area contributed by atoms with E-state index in [1.807, 2.05) is 84.9 Å². The molecule has 0 saturated carbocycles. The van der Waals surface area contributed by atoms with Gasteiger partial charge in [-0.1, -0.05) is 60.7 Å². The summed E-state index contributed by atoms with van der Waals surface area (Å²) < 4.78 is 0. The largest absolute Gasteiger partial charge is 0.369 e. The molecule has 3 N–H and O–H groups in total. The van der Waals surface area contributed by atoms with Crippen molar-refractivity contribution in [3.63, 3.8) is 0 Å². The summed E-state index contributed by atoms with van der Waals surface area (Å²) in [5.41, 5.74) is 9.66. The highest BCUT2D eigenvalue weighted by atomic mass is 16.2. The molecule has 0 spiro atoms. The number of nitrogens with zero attached hydrogens (tertiary/aromatic N) is 2. The Labute approximate surface area is 206 Å². The fraction of sp³-hybridized carbons (Fsp3) is 0.286. The van der Waals surface area contributed by atoms with Crippen LogP contribution in [-0.2, 0) is 9.59 Å². The van der Waals surface area contributed by atoms with Crippen molar-refractivity contribution in [2.45, 2.75) is 12.0 Å². The van der Waals surface area contributed by atoms with Gasteiger partial charge < -0.3 is 15.1 Å². The van der Waals surface area contributed by atoms with Gasteiger partial charge in [-0.25, -0.2) is 5.43 Å². The molecular weight excluding hydrogens is 438 g/mol. The second-order valence-corrected chi connectivity index (χ2v) is 9.26. The van der Waals surface area contributed by atoms with Gasteiger partial charge in [0.25, 0.3) is 0 Å². The van der Waals surface area contributed by atoms with Crippen LogP contribution in [0.3, 0.4) is 0 Å². The van der Waals surface area contributed by atoms with E-state index in [1.54, 1.807) is 0 Å². The molecule has 7 heteroatoms. The van der Waals surface area contributed by atoms with Crippen molar-refractivity contribution in [1.82, 2.24) is 15.8 Å². The van der Waals surface area contributed by atoms with Gasteiger partial charge in [-0.2, -0.15) is 0 Å². The maximum absolute atomic E-state index is 13.5. The molecule has 2 heterocycles. The zero-order chi connectivity index (χ0) is 24.2. The smallest absolute Gasteiger partial charge is 0.247 e. The minimum atomic E-state index is -0.888. The number of likely N-dealkylation sites (N-methyl/N-ethyl adjacent to an activating group) is 1. The Hall–Kier alpha value is -3.68. The topological polar surface area (TPSA) is 76.7 Å². The van der Waals surface area contributed by atoms with Gasteiger partial charge in [0.1, 0.15) is 5.92 Å². The fourth-order valence-electron chi connectivity index (χ4n) is 5.01. The number of benzene rings is 3. The maximum atomic E-state index is 13.5. The van der Waals surface area contributed by atoms with Crippen LogP contribution in [0.25, 0.3) is 0 Å². The fourth-order valence-corrected chi connectivity index (χ4v) is 5.01. The van der Waals surface area contributed by atoms with Gasteiger partial charge in [-0.05, 0) is 42.4 Å². The van der Waals surface area contributed by atoms with E-state index >= 15 is 0 Å². The molecule has 3 aromatic carbocycles. The molecule has 180 valence electrons. The van der Waals surface area contributed by atoms with Crippen molar-refractivity contribution in [3.05, 3.63) is 96.1 Å². The van der Waals surface area contributed by atoms with Gasteiger partial charge in [0.15, 0.2) is 0 Å². The molecular formula is C28H31N5O2. The minimum absolute atomic E-state index is 0.244. The number of hydrazine groups is 1. The standard InChI is InChI=1S/C28H31N5O2/c1-32-16-18-33(19-17-32)23-14-12-22(13-15-23)29-27(34)25-24(20-8-4-2-5-9-20)26(30-31-28(25)35)21-10-6-3-7-11-21/h2-15,24-26,30H,16-19H2,1H3,(H,29,34)(H,31,35). The van der Waals surface area contributed by atoms with Gasteiger partial charge in [0.2, 0.25) is 11.8 Å². The van der Waals surface area contributed by atoms with Crippen molar-refractivity contribution >= 4 is 23.2 Å². The summed E-state index contributed by atoms with van der Waals surface area (Å²) in [5, 5.41) is 3.00. The predicted octanol–water partition coefficient (Wildman–Crippen LogP) is 3.15. The predicted molar refractivity (Wildman–Crippen MR) is 138 cm³/mol. The zero-order valence-electron chi connectivity index (χ0n) is 19.9. The summed E-state index contributed by atoms with van der Waals surface area (Å²) in [6.07, 6.45) is 0. The quantitative estimate of drug-likeness (QED) is 0.501. The van der Waals surface area contributed by atoms with Gasteiger partial charge in [-0.15, -0.1) is 0 Å². The van der Waals surface area contributed by atoms with Crippen LogP contribution >= 0.6 is 0 Å². The van der Waals surface area contributed by atoms with E-state index in [4.69, 9.17) is 0 Å². The van der Waals surface area contributed by atoms with Gasteiger partial charge in [0.05, 0.1) is 6.04 Å². The lowest BCUT2D eigenvalue weighted by Gasteiger charge is -2.38. The monoisotopic (exact) mass is 469 g/mol. The maximum Gasteiger partial charge on any atom is 0.247 e. The third kappa shape index (κ3) is 5.06. The SMILES string of the molecule is CN1CCN(c2ccc(NC(=O)C3C(=O)NNC(c4ccccc4)C3c3ccccc3)cc2)CC1. The first-order valence-electron chi connectivity index (χ1n) is 12.1. The number of hydrogen-bond donors (Lipinski definition) is 3. The number of rotatable bonds is 5. The average Bonchev–Trinajstić information content (AvgIpc) is 2.90. The number of carbonyl (C=O) groups is 2. The molecule has 2 aliphatic rings. The molecule has 2 amide bonds. The Morgan fingerprint density at radius 1 is 0.829 bits per heavy atom. The molecule has 3 unspecified atom stereocenters. The van der Waals surface area contributed by atoms with Crippen molar-refractivity contribution in [2.75, 3.05) is 43.4 Å². The van der Waals surface area contributed by atoms with Crippen LogP contribution in [0, 0.1) is 5.92 Å². The van der Waals surface area contributed by atoms with Crippen LogP contribution in [0.2, 0.25) is 0 Å². The van der Waals surface area contributed by atoms with Crippen molar-refractivity contribution in [3.8, 4) is 0 Å². The molecule has 0 aliphatic carbocycles. The first kappa shape index (κ1) is 23.1. The molecule has 2 aliphatic heterocycles. The molecule has 35 heavy (non-hydrogen) atoms. The third-order valence-electron chi connectivity index (χ3n) is 6.98. The van der Waals surface area contributed by atoms with Crippen LogP contribution in [0.4, 0.5) is 11.4 Å². The molecule has 5 rings (SSSR count). The van der Waals surface area contributed by atoms with E-state index < -0.39 is 5.92 Å².